The van der Waals surface area contributed by atoms with Crippen molar-refractivity contribution in [3.63, 3.8) is 0 Å². The lowest BCUT2D eigenvalue weighted by Crippen LogP contribution is -1.94. The zero-order chi connectivity index (χ0) is 25.1. The van der Waals surface area contributed by atoms with E-state index in [4.69, 9.17) is 22.6 Å². The molecule has 196 valence electrons. The van der Waals surface area contributed by atoms with Crippen LogP contribution in [0.2, 0.25) is 0 Å². The SMILES string of the molecule is COc1ccc(OC)c(CCCCCCSOSCCCCCCc2cc(OC)ccc2OC)c1. The molecule has 0 bridgehead atoms. The standard InChI is InChI=1S/C28H42O5S2/c1-29-25-15-17-27(31-3)23(21-25)13-9-5-7-11-19-34-33-35-20-12-8-6-10-14-24-22-26(30-2)16-18-28(24)32-4/h15-18,21-22H,5-14,19-20H2,1-4H3. The van der Waals surface area contributed by atoms with Crippen molar-refractivity contribution >= 4 is 24.1 Å². The second kappa shape index (κ2) is 18.6. The van der Waals surface area contributed by atoms with E-state index in [0.717, 1.165) is 60.2 Å². The summed E-state index contributed by atoms with van der Waals surface area (Å²) >= 11 is 3.18. The molecule has 2 aromatic rings. The van der Waals surface area contributed by atoms with Gasteiger partial charge in [-0.25, -0.2) is 3.63 Å². The van der Waals surface area contributed by atoms with E-state index < -0.39 is 0 Å². The molecular weight excluding hydrogens is 480 g/mol. The normalized spacial score (nSPS) is 10.9. The van der Waals surface area contributed by atoms with E-state index in [2.05, 4.69) is 12.1 Å². The maximum Gasteiger partial charge on any atom is 0.122 e. The molecule has 0 saturated carbocycles. The summed E-state index contributed by atoms with van der Waals surface area (Å²) in [6.45, 7) is 0. The molecule has 7 heteroatoms. The molecule has 0 aromatic heterocycles. The van der Waals surface area contributed by atoms with Gasteiger partial charge in [-0.15, -0.1) is 0 Å². The van der Waals surface area contributed by atoms with Gasteiger partial charge >= 0.3 is 0 Å². The maximum absolute atomic E-state index is 5.67. The maximum atomic E-state index is 5.67. The number of hydrogen-bond donors (Lipinski definition) is 0. The highest BCUT2D eigenvalue weighted by atomic mass is 32.2. The Bertz CT molecular complexity index is 763. The van der Waals surface area contributed by atoms with Gasteiger partial charge in [0.1, 0.15) is 23.0 Å². The predicted octanol–water partition coefficient (Wildman–Crippen LogP) is 7.94. The average molecular weight is 523 g/mol. The summed E-state index contributed by atoms with van der Waals surface area (Å²) in [7, 11) is 6.85. The summed E-state index contributed by atoms with van der Waals surface area (Å²) in [5.74, 6) is 5.78. The molecular formula is C28H42O5S2. The molecule has 0 fully saturated rings. The van der Waals surface area contributed by atoms with Crippen molar-refractivity contribution in [1.29, 1.82) is 0 Å². The van der Waals surface area contributed by atoms with Crippen molar-refractivity contribution in [3.8, 4) is 23.0 Å². The predicted molar refractivity (Wildman–Crippen MR) is 149 cm³/mol. The number of aryl methyl sites for hydroxylation is 2. The summed E-state index contributed by atoms with van der Waals surface area (Å²) < 4.78 is 27.3. The minimum absolute atomic E-state index is 0.890. The van der Waals surface area contributed by atoms with Crippen LogP contribution in [-0.2, 0) is 16.5 Å². The van der Waals surface area contributed by atoms with E-state index in [9.17, 15) is 0 Å². The first-order chi connectivity index (χ1) is 17.2. The molecule has 0 heterocycles. The molecule has 0 spiro atoms. The highest BCUT2D eigenvalue weighted by Gasteiger charge is 2.06. The van der Waals surface area contributed by atoms with Gasteiger partial charge in [0.15, 0.2) is 0 Å². The molecule has 0 saturated heterocycles. The molecule has 0 unspecified atom stereocenters. The van der Waals surface area contributed by atoms with Gasteiger partial charge < -0.3 is 18.9 Å². The summed E-state index contributed by atoms with van der Waals surface area (Å²) in [6.07, 6.45) is 11.6. The average Bonchev–Trinajstić information content (AvgIpc) is 2.90. The van der Waals surface area contributed by atoms with Gasteiger partial charge in [-0.05, 0) is 86.1 Å². The summed E-state index contributed by atoms with van der Waals surface area (Å²) in [5.41, 5.74) is 2.45. The monoisotopic (exact) mass is 522 g/mol. The molecule has 0 N–H and O–H groups in total. The molecule has 0 atom stereocenters. The molecule has 0 aliphatic heterocycles. The van der Waals surface area contributed by atoms with Crippen LogP contribution in [0.25, 0.3) is 0 Å². The van der Waals surface area contributed by atoms with E-state index in [-0.39, 0.29) is 0 Å². The fourth-order valence-electron chi connectivity index (χ4n) is 3.92. The van der Waals surface area contributed by atoms with E-state index >= 15 is 0 Å². The first-order valence-electron chi connectivity index (χ1n) is 12.5. The van der Waals surface area contributed by atoms with Crippen molar-refractivity contribution in [2.45, 2.75) is 64.2 Å². The minimum Gasteiger partial charge on any atom is -0.497 e. The molecule has 35 heavy (non-hydrogen) atoms. The molecule has 0 radical (unpaired) electrons. The number of ether oxygens (including phenoxy) is 4. The molecule has 2 aromatic carbocycles. The van der Waals surface area contributed by atoms with Gasteiger partial charge in [-0.3, -0.25) is 0 Å². The topological polar surface area (TPSA) is 46.2 Å². The fraction of sp³-hybridized carbons (Fsp3) is 0.571. The smallest absolute Gasteiger partial charge is 0.122 e. The Morgan fingerprint density at radius 1 is 0.514 bits per heavy atom. The van der Waals surface area contributed by atoms with Crippen LogP contribution < -0.4 is 18.9 Å². The Kier molecular flexibility index (Phi) is 15.7. The van der Waals surface area contributed by atoms with Crippen molar-refractivity contribution in [2.24, 2.45) is 0 Å². The van der Waals surface area contributed by atoms with Crippen LogP contribution in [0.4, 0.5) is 0 Å². The quantitative estimate of drug-likeness (QED) is 0.129. The van der Waals surface area contributed by atoms with Gasteiger partial charge in [0.25, 0.3) is 0 Å². The Morgan fingerprint density at radius 2 is 0.943 bits per heavy atom. The summed E-state index contributed by atoms with van der Waals surface area (Å²) in [5, 5.41) is 0. The Balaban J connectivity index is 1.41. The molecule has 0 aliphatic carbocycles. The van der Waals surface area contributed by atoms with E-state index in [1.165, 1.54) is 49.7 Å². The van der Waals surface area contributed by atoms with E-state index in [1.807, 2.05) is 24.3 Å². The molecule has 0 amide bonds. The minimum atomic E-state index is 0.890. The highest BCUT2D eigenvalue weighted by molar-refractivity contribution is 8.07. The van der Waals surface area contributed by atoms with Crippen LogP contribution in [0.15, 0.2) is 36.4 Å². The number of methoxy groups -OCH3 is 4. The Labute approximate surface area is 221 Å². The lowest BCUT2D eigenvalue weighted by Gasteiger charge is -2.10. The van der Waals surface area contributed by atoms with Crippen LogP contribution in [0.3, 0.4) is 0 Å². The van der Waals surface area contributed by atoms with Gasteiger partial charge in [0.05, 0.1) is 28.4 Å². The third kappa shape index (κ3) is 11.7. The number of hydrogen-bond acceptors (Lipinski definition) is 7. The summed E-state index contributed by atoms with van der Waals surface area (Å²) in [6, 6.07) is 12.0. The number of benzene rings is 2. The van der Waals surface area contributed by atoms with Crippen molar-refractivity contribution in [2.75, 3.05) is 39.9 Å². The van der Waals surface area contributed by atoms with Crippen LogP contribution in [0, 0.1) is 0 Å². The van der Waals surface area contributed by atoms with Gasteiger partial charge in [0, 0.05) is 35.6 Å². The lowest BCUT2D eigenvalue weighted by molar-refractivity contribution is 0.398. The zero-order valence-electron chi connectivity index (χ0n) is 21.8. The number of unbranched alkanes of at least 4 members (excludes halogenated alkanes) is 6. The van der Waals surface area contributed by atoms with Crippen LogP contribution in [0.1, 0.15) is 62.5 Å². The first-order valence-corrected chi connectivity index (χ1v) is 14.4. The van der Waals surface area contributed by atoms with Crippen LogP contribution >= 0.6 is 24.1 Å². The lowest BCUT2D eigenvalue weighted by atomic mass is 10.0. The van der Waals surface area contributed by atoms with Crippen molar-refractivity contribution in [3.05, 3.63) is 47.5 Å². The second-order valence-corrected chi connectivity index (χ2v) is 10.2. The summed E-state index contributed by atoms with van der Waals surface area (Å²) in [4.78, 5) is 0. The number of rotatable bonds is 20. The van der Waals surface area contributed by atoms with Gasteiger partial charge in [-0.1, -0.05) is 25.7 Å². The second-order valence-electron chi connectivity index (χ2n) is 8.40. The van der Waals surface area contributed by atoms with E-state index in [1.54, 1.807) is 52.5 Å². The van der Waals surface area contributed by atoms with Gasteiger partial charge in [0.2, 0.25) is 0 Å². The Hall–Kier alpha value is -1.70. The Morgan fingerprint density at radius 3 is 1.34 bits per heavy atom. The van der Waals surface area contributed by atoms with Crippen molar-refractivity contribution < 1.29 is 22.6 Å². The third-order valence-electron chi connectivity index (χ3n) is 5.92. The molecule has 2 rings (SSSR count). The molecule has 0 aliphatic rings. The highest BCUT2D eigenvalue weighted by Crippen LogP contribution is 2.27. The van der Waals surface area contributed by atoms with Crippen LogP contribution in [-0.4, -0.2) is 39.9 Å². The molecule has 5 nitrogen and oxygen atoms in total. The largest absolute Gasteiger partial charge is 0.497 e. The first kappa shape index (κ1) is 29.5. The third-order valence-corrected chi connectivity index (χ3v) is 7.60. The van der Waals surface area contributed by atoms with E-state index in [0.29, 0.717) is 0 Å². The van der Waals surface area contributed by atoms with Crippen LogP contribution in [0.5, 0.6) is 23.0 Å². The van der Waals surface area contributed by atoms with Crippen molar-refractivity contribution in [1.82, 2.24) is 0 Å². The van der Waals surface area contributed by atoms with Gasteiger partial charge in [-0.2, -0.15) is 0 Å². The fourth-order valence-corrected chi connectivity index (χ4v) is 5.38. The zero-order valence-corrected chi connectivity index (χ0v) is 23.4.